The van der Waals surface area contributed by atoms with Crippen LogP contribution in [-0.4, -0.2) is 22.2 Å². The molecule has 2 aliphatic carbocycles. The summed E-state index contributed by atoms with van der Waals surface area (Å²) in [5.74, 6) is -2.01. The van der Waals surface area contributed by atoms with Crippen molar-refractivity contribution in [2.75, 3.05) is 0 Å². The predicted octanol–water partition coefficient (Wildman–Crippen LogP) is 6.36. The molecule has 2 aromatic carbocycles. The second kappa shape index (κ2) is 8.50. The van der Waals surface area contributed by atoms with Gasteiger partial charge in [-0.05, 0) is 72.2 Å². The van der Waals surface area contributed by atoms with Crippen molar-refractivity contribution in [2.45, 2.75) is 24.7 Å². The Balaban J connectivity index is 0.000000161. The van der Waals surface area contributed by atoms with E-state index in [1.165, 1.54) is 0 Å². The zero-order valence-electron chi connectivity index (χ0n) is 14.4. The van der Waals surface area contributed by atoms with Gasteiger partial charge in [0.25, 0.3) is 0 Å². The minimum Gasteiger partial charge on any atom is -0.481 e. The first-order valence-electron chi connectivity index (χ1n) is 8.54. The molecule has 148 valence electrons. The molecule has 8 heteroatoms. The fraction of sp³-hybridized carbons (Fsp3) is 0.300. The van der Waals surface area contributed by atoms with Crippen LogP contribution in [0.15, 0.2) is 36.4 Å². The minimum absolute atomic E-state index is 0.0405. The van der Waals surface area contributed by atoms with Gasteiger partial charge in [-0.2, -0.15) is 0 Å². The number of hydrogen-bond donors (Lipinski definition) is 2. The number of benzene rings is 2. The summed E-state index contributed by atoms with van der Waals surface area (Å²) in [6, 6.07) is 10.3. The van der Waals surface area contributed by atoms with Crippen molar-refractivity contribution in [1.29, 1.82) is 0 Å². The van der Waals surface area contributed by atoms with Crippen molar-refractivity contribution in [3.05, 3.63) is 67.6 Å². The summed E-state index contributed by atoms with van der Waals surface area (Å²) in [6.07, 6.45) is 1.32. The molecule has 4 atom stereocenters. The van der Waals surface area contributed by atoms with Crippen LogP contribution in [0.2, 0.25) is 20.1 Å². The van der Waals surface area contributed by atoms with Gasteiger partial charge in [0, 0.05) is 20.1 Å². The van der Waals surface area contributed by atoms with Gasteiger partial charge in [0.1, 0.15) is 0 Å². The predicted molar refractivity (Wildman–Crippen MR) is 110 cm³/mol. The van der Waals surface area contributed by atoms with Crippen LogP contribution in [0.3, 0.4) is 0 Å². The summed E-state index contributed by atoms with van der Waals surface area (Å²) >= 11 is 23.5. The standard InChI is InChI=1S/2C10H8Cl2O2/c2*11-5-1-2-9(12)7(3-5)6-4-8(6)10(13)14/h2*1-3,6,8H,4H2,(H,13,14). The Bertz CT molecular complexity index is 855. The first-order valence-corrected chi connectivity index (χ1v) is 10.1. The summed E-state index contributed by atoms with van der Waals surface area (Å²) < 4.78 is 0. The van der Waals surface area contributed by atoms with E-state index < -0.39 is 11.9 Å². The lowest BCUT2D eigenvalue weighted by Gasteiger charge is -2.02. The van der Waals surface area contributed by atoms with Crippen molar-refractivity contribution >= 4 is 58.3 Å². The highest BCUT2D eigenvalue weighted by Gasteiger charge is 2.45. The smallest absolute Gasteiger partial charge is 0.307 e. The zero-order chi connectivity index (χ0) is 20.6. The summed E-state index contributed by atoms with van der Waals surface area (Å²) in [7, 11) is 0. The Morgan fingerprint density at radius 1 is 0.714 bits per heavy atom. The monoisotopic (exact) mass is 460 g/mol. The molecule has 2 fully saturated rings. The summed E-state index contributed by atoms with van der Waals surface area (Å²) in [6.45, 7) is 0. The van der Waals surface area contributed by atoms with Crippen molar-refractivity contribution in [3.8, 4) is 0 Å². The van der Waals surface area contributed by atoms with E-state index in [1.807, 2.05) is 0 Å². The minimum atomic E-state index is -0.758. The van der Waals surface area contributed by atoms with Crippen LogP contribution in [0, 0.1) is 11.8 Å². The average Bonchev–Trinajstić information content (AvgIpc) is 3.52. The first kappa shape index (κ1) is 21.3. The number of carboxylic acids is 2. The van der Waals surface area contributed by atoms with Crippen LogP contribution in [0.5, 0.6) is 0 Å². The van der Waals surface area contributed by atoms with Crippen molar-refractivity contribution < 1.29 is 19.8 Å². The van der Waals surface area contributed by atoms with Gasteiger partial charge in [-0.1, -0.05) is 46.4 Å². The number of hydrogen-bond acceptors (Lipinski definition) is 2. The molecule has 0 aromatic heterocycles. The van der Waals surface area contributed by atoms with E-state index in [9.17, 15) is 9.59 Å². The van der Waals surface area contributed by atoms with E-state index in [-0.39, 0.29) is 23.7 Å². The zero-order valence-corrected chi connectivity index (χ0v) is 17.4. The molecule has 0 amide bonds. The Hall–Kier alpha value is -1.46. The van der Waals surface area contributed by atoms with Crippen LogP contribution < -0.4 is 0 Å². The quantitative estimate of drug-likeness (QED) is 0.555. The Morgan fingerprint density at radius 2 is 1.07 bits per heavy atom. The highest BCUT2D eigenvalue weighted by molar-refractivity contribution is 6.34. The van der Waals surface area contributed by atoms with Crippen LogP contribution >= 0.6 is 46.4 Å². The molecule has 28 heavy (non-hydrogen) atoms. The van der Waals surface area contributed by atoms with Gasteiger partial charge in [-0.25, -0.2) is 0 Å². The fourth-order valence-corrected chi connectivity index (χ4v) is 4.10. The van der Waals surface area contributed by atoms with Gasteiger partial charge in [-0.15, -0.1) is 0 Å². The lowest BCUT2D eigenvalue weighted by atomic mass is 10.1. The van der Waals surface area contributed by atoms with Crippen molar-refractivity contribution in [2.24, 2.45) is 11.8 Å². The van der Waals surface area contributed by atoms with Gasteiger partial charge < -0.3 is 10.2 Å². The molecule has 0 bridgehead atoms. The third-order valence-electron chi connectivity index (χ3n) is 4.93. The third-order valence-corrected chi connectivity index (χ3v) is 6.09. The number of carbonyl (C=O) groups is 2. The maximum absolute atomic E-state index is 10.7. The van der Waals surface area contributed by atoms with Gasteiger partial charge in [-0.3, -0.25) is 9.59 Å². The fourth-order valence-electron chi connectivity index (χ4n) is 3.22. The largest absolute Gasteiger partial charge is 0.481 e. The molecule has 4 nitrogen and oxygen atoms in total. The Kier molecular flexibility index (Phi) is 6.45. The molecule has 0 aliphatic heterocycles. The van der Waals surface area contributed by atoms with Crippen molar-refractivity contribution in [3.63, 3.8) is 0 Å². The maximum atomic E-state index is 10.7. The average molecular weight is 462 g/mol. The first-order chi connectivity index (χ1) is 13.2. The van der Waals surface area contributed by atoms with E-state index in [0.717, 1.165) is 11.1 Å². The summed E-state index contributed by atoms with van der Waals surface area (Å²) in [5.41, 5.74) is 1.71. The molecule has 2 saturated carbocycles. The lowest BCUT2D eigenvalue weighted by molar-refractivity contribution is -0.139. The van der Waals surface area contributed by atoms with Crippen LogP contribution in [0.1, 0.15) is 35.8 Å². The summed E-state index contributed by atoms with van der Waals surface area (Å²) in [4.78, 5) is 21.3. The molecule has 4 unspecified atom stereocenters. The van der Waals surface area contributed by atoms with Crippen LogP contribution in [0.4, 0.5) is 0 Å². The molecular weight excluding hydrogens is 446 g/mol. The Labute approximate surface area is 182 Å². The van der Waals surface area contributed by atoms with Gasteiger partial charge in [0.2, 0.25) is 0 Å². The van der Waals surface area contributed by atoms with Gasteiger partial charge in [0.05, 0.1) is 11.8 Å². The van der Waals surface area contributed by atoms with Gasteiger partial charge >= 0.3 is 11.9 Å². The number of aliphatic carboxylic acids is 2. The molecule has 4 rings (SSSR count). The molecule has 2 aliphatic rings. The highest BCUT2D eigenvalue weighted by atomic mass is 35.5. The van der Waals surface area contributed by atoms with E-state index in [2.05, 4.69) is 0 Å². The number of rotatable bonds is 4. The summed E-state index contributed by atoms with van der Waals surface area (Å²) in [5, 5.41) is 19.9. The molecule has 0 heterocycles. The van der Waals surface area contributed by atoms with Crippen molar-refractivity contribution in [1.82, 2.24) is 0 Å². The van der Waals surface area contributed by atoms with Gasteiger partial charge in [0.15, 0.2) is 0 Å². The highest BCUT2D eigenvalue weighted by Crippen LogP contribution is 2.51. The lowest BCUT2D eigenvalue weighted by Crippen LogP contribution is -1.99. The third kappa shape index (κ3) is 4.93. The van der Waals surface area contributed by atoms with Crippen LogP contribution in [0.25, 0.3) is 0 Å². The second-order valence-electron chi connectivity index (χ2n) is 6.91. The second-order valence-corrected chi connectivity index (χ2v) is 8.59. The SMILES string of the molecule is O=C(O)C1CC1c1cc(Cl)ccc1Cl.O=C(O)C1CC1c1cc(Cl)ccc1Cl. The Morgan fingerprint density at radius 3 is 1.36 bits per heavy atom. The topological polar surface area (TPSA) is 74.6 Å². The molecule has 2 aromatic rings. The van der Waals surface area contributed by atoms with E-state index in [4.69, 9.17) is 56.6 Å². The van der Waals surface area contributed by atoms with E-state index in [0.29, 0.717) is 32.9 Å². The molecule has 0 radical (unpaired) electrons. The molecule has 2 N–H and O–H groups in total. The molecule has 0 spiro atoms. The maximum Gasteiger partial charge on any atom is 0.307 e. The normalized spacial score (nSPS) is 24.7. The van der Waals surface area contributed by atoms with E-state index >= 15 is 0 Å². The van der Waals surface area contributed by atoms with E-state index in [1.54, 1.807) is 36.4 Å². The number of halogens is 4. The van der Waals surface area contributed by atoms with Crippen LogP contribution in [-0.2, 0) is 9.59 Å². The molecule has 0 saturated heterocycles. The number of carboxylic acid groups (broad SMARTS) is 2. The molecular formula is C20H16Cl4O4.